The van der Waals surface area contributed by atoms with Crippen LogP contribution in [0.5, 0.6) is 0 Å². The summed E-state index contributed by atoms with van der Waals surface area (Å²) in [7, 11) is 0. The van der Waals surface area contributed by atoms with Gasteiger partial charge in [0, 0.05) is 19.3 Å². The fourth-order valence-electron chi connectivity index (χ4n) is 11.4. The molecule has 0 amide bonds. The second-order valence-corrected chi connectivity index (χ2v) is 25.6. The average molecular weight is 1170 g/mol. The summed E-state index contributed by atoms with van der Waals surface area (Å²) in [5, 5.41) is 0. The highest BCUT2D eigenvalue weighted by atomic mass is 16.6. The van der Waals surface area contributed by atoms with Gasteiger partial charge in [0.25, 0.3) is 0 Å². The maximum absolute atomic E-state index is 13.0. The maximum Gasteiger partial charge on any atom is 0.306 e. The van der Waals surface area contributed by atoms with Crippen molar-refractivity contribution >= 4 is 17.9 Å². The summed E-state index contributed by atoms with van der Waals surface area (Å²) < 4.78 is 17.0. The Balaban J connectivity index is 4.24. The van der Waals surface area contributed by atoms with Gasteiger partial charge in [0.2, 0.25) is 0 Å². The van der Waals surface area contributed by atoms with Gasteiger partial charge in [0.15, 0.2) is 6.10 Å². The summed E-state index contributed by atoms with van der Waals surface area (Å²) in [6.07, 6.45) is 90.4. The van der Waals surface area contributed by atoms with Crippen molar-refractivity contribution in [2.75, 3.05) is 13.2 Å². The largest absolute Gasteiger partial charge is 0.462 e. The Morgan fingerprint density at radius 2 is 0.398 bits per heavy atom. The minimum Gasteiger partial charge on any atom is -0.462 e. The van der Waals surface area contributed by atoms with E-state index in [0.717, 1.165) is 57.8 Å². The van der Waals surface area contributed by atoms with Crippen LogP contribution in [0, 0.1) is 0 Å². The highest BCUT2D eigenvalue weighted by Gasteiger charge is 2.20. The summed E-state index contributed by atoms with van der Waals surface area (Å²) in [4.78, 5) is 38.5. The molecule has 0 saturated heterocycles. The molecule has 0 rings (SSSR count). The topological polar surface area (TPSA) is 78.9 Å². The van der Waals surface area contributed by atoms with E-state index in [0.29, 0.717) is 19.3 Å². The van der Waals surface area contributed by atoms with E-state index in [9.17, 15) is 14.4 Å². The molecule has 488 valence electrons. The first-order valence-electron chi connectivity index (χ1n) is 37.5. The van der Waals surface area contributed by atoms with Gasteiger partial charge in [-0.3, -0.25) is 14.4 Å². The quantitative estimate of drug-likeness (QED) is 0.0261. The summed E-state index contributed by atoms with van der Waals surface area (Å²) in [5.41, 5.74) is 0. The predicted octanol–water partition coefficient (Wildman–Crippen LogP) is 25.9. The molecule has 0 aromatic carbocycles. The lowest BCUT2D eigenvalue weighted by atomic mass is 10.0. The van der Waals surface area contributed by atoms with Gasteiger partial charge in [0.1, 0.15) is 13.2 Å². The Kier molecular flexibility index (Phi) is 70.0. The van der Waals surface area contributed by atoms with Crippen LogP contribution in [0.2, 0.25) is 0 Å². The van der Waals surface area contributed by atoms with Crippen molar-refractivity contribution in [3.63, 3.8) is 0 Å². The van der Waals surface area contributed by atoms with Crippen molar-refractivity contribution in [1.82, 2.24) is 0 Å². The zero-order valence-electron chi connectivity index (χ0n) is 56.2. The van der Waals surface area contributed by atoms with Crippen molar-refractivity contribution in [3.8, 4) is 0 Å². The molecule has 83 heavy (non-hydrogen) atoms. The normalized spacial score (nSPS) is 12.2. The molecule has 0 aliphatic rings. The van der Waals surface area contributed by atoms with Crippen molar-refractivity contribution in [3.05, 3.63) is 36.5 Å². The van der Waals surface area contributed by atoms with E-state index in [1.54, 1.807) is 0 Å². The van der Waals surface area contributed by atoms with Crippen LogP contribution in [0.15, 0.2) is 36.5 Å². The minimum atomic E-state index is -0.776. The summed E-state index contributed by atoms with van der Waals surface area (Å²) in [6, 6.07) is 0. The van der Waals surface area contributed by atoms with Crippen LogP contribution in [0.25, 0.3) is 0 Å². The highest BCUT2D eigenvalue weighted by molar-refractivity contribution is 5.71. The fourth-order valence-corrected chi connectivity index (χ4v) is 11.4. The fraction of sp³-hybridized carbons (Fsp3) is 0.883. The Morgan fingerprint density at radius 1 is 0.229 bits per heavy atom. The Labute approximate surface area is 518 Å². The molecule has 6 nitrogen and oxygen atoms in total. The van der Waals surface area contributed by atoms with Crippen LogP contribution in [0.4, 0.5) is 0 Å². The van der Waals surface area contributed by atoms with Gasteiger partial charge in [-0.25, -0.2) is 0 Å². The zero-order chi connectivity index (χ0) is 59.9. The second-order valence-electron chi connectivity index (χ2n) is 25.6. The van der Waals surface area contributed by atoms with Gasteiger partial charge in [0.05, 0.1) is 0 Å². The van der Waals surface area contributed by atoms with E-state index < -0.39 is 6.10 Å². The standard InChI is InChI=1S/C77H144O6/c1-4-7-10-13-16-19-22-25-28-31-34-35-36-37-38-39-40-41-42-43-44-47-49-52-55-58-61-64-67-70-76(79)82-73-74(83-77(80)71-68-65-62-59-56-53-50-46-33-30-27-24-21-18-15-12-9-6-3)72-81-75(78)69-66-63-60-57-54-51-48-45-32-29-26-23-20-17-14-11-8-5-2/h29-34,74H,4-28,35-73H2,1-3H3/b32-29-,33-30-,34-31-. The molecule has 0 saturated carbocycles. The third-order valence-electron chi connectivity index (χ3n) is 17.1. The molecule has 6 heteroatoms. The molecule has 0 heterocycles. The van der Waals surface area contributed by atoms with Gasteiger partial charge in [-0.1, -0.05) is 340 Å². The average Bonchev–Trinajstić information content (AvgIpc) is 3.50. The Hall–Kier alpha value is -2.37. The van der Waals surface area contributed by atoms with Crippen LogP contribution < -0.4 is 0 Å². The number of carbonyl (C=O) groups is 3. The molecule has 0 radical (unpaired) electrons. The molecule has 0 aliphatic carbocycles. The lowest BCUT2D eigenvalue weighted by Gasteiger charge is -2.18. The lowest BCUT2D eigenvalue weighted by molar-refractivity contribution is -0.167. The molecular formula is C77H144O6. The summed E-state index contributed by atoms with van der Waals surface area (Å²) in [5.74, 6) is -0.848. The first kappa shape index (κ1) is 80.6. The number of hydrogen-bond donors (Lipinski definition) is 0. The summed E-state index contributed by atoms with van der Waals surface area (Å²) >= 11 is 0. The molecule has 0 N–H and O–H groups in total. The number of esters is 3. The molecular weight excluding hydrogens is 1020 g/mol. The number of hydrogen-bond acceptors (Lipinski definition) is 6. The molecule has 0 bridgehead atoms. The van der Waals surface area contributed by atoms with E-state index in [-0.39, 0.29) is 31.1 Å². The number of ether oxygens (including phenoxy) is 3. The predicted molar refractivity (Wildman–Crippen MR) is 362 cm³/mol. The van der Waals surface area contributed by atoms with E-state index >= 15 is 0 Å². The van der Waals surface area contributed by atoms with Gasteiger partial charge >= 0.3 is 17.9 Å². The molecule has 0 aromatic rings. The first-order chi connectivity index (χ1) is 41.0. The molecule has 0 fully saturated rings. The maximum atomic E-state index is 13.0. The number of unbranched alkanes of at least 4 members (excludes halogenated alkanes) is 53. The third kappa shape index (κ3) is 70.3. The highest BCUT2D eigenvalue weighted by Crippen LogP contribution is 2.19. The van der Waals surface area contributed by atoms with E-state index in [1.807, 2.05) is 0 Å². The number of allylic oxidation sites excluding steroid dienone is 6. The molecule has 0 aliphatic heterocycles. The van der Waals surface area contributed by atoms with Crippen molar-refractivity contribution in [2.45, 2.75) is 425 Å². The van der Waals surface area contributed by atoms with Gasteiger partial charge in [-0.05, 0) is 96.3 Å². The number of carbonyl (C=O) groups excluding carboxylic acids is 3. The molecule has 1 atom stereocenters. The zero-order valence-corrected chi connectivity index (χ0v) is 56.2. The van der Waals surface area contributed by atoms with Crippen LogP contribution in [-0.2, 0) is 28.6 Å². The summed E-state index contributed by atoms with van der Waals surface area (Å²) in [6.45, 7) is 6.71. The Bertz CT molecular complexity index is 1380. The third-order valence-corrected chi connectivity index (χ3v) is 17.1. The molecule has 1 unspecified atom stereocenters. The second kappa shape index (κ2) is 72.1. The molecule has 0 aromatic heterocycles. The van der Waals surface area contributed by atoms with E-state index in [1.165, 1.54) is 321 Å². The van der Waals surface area contributed by atoms with Crippen molar-refractivity contribution in [2.24, 2.45) is 0 Å². The Morgan fingerprint density at radius 3 is 0.602 bits per heavy atom. The van der Waals surface area contributed by atoms with Crippen LogP contribution in [-0.4, -0.2) is 37.2 Å². The van der Waals surface area contributed by atoms with Crippen LogP contribution in [0.3, 0.4) is 0 Å². The van der Waals surface area contributed by atoms with Crippen molar-refractivity contribution < 1.29 is 28.6 Å². The number of rotatable bonds is 70. The van der Waals surface area contributed by atoms with E-state index in [2.05, 4.69) is 57.2 Å². The minimum absolute atomic E-state index is 0.0705. The smallest absolute Gasteiger partial charge is 0.306 e. The van der Waals surface area contributed by atoms with Crippen molar-refractivity contribution in [1.29, 1.82) is 0 Å². The van der Waals surface area contributed by atoms with Crippen LogP contribution in [0.1, 0.15) is 419 Å². The SMILES string of the molecule is CCCCCCCCC/C=C\CCCCCCCCCC(=O)OCC(COC(=O)CCCCCCCCCCCCCCCCCCC/C=C\CCCCCCCCCC)OC(=O)CCCCCCCCC/C=C\CCCCCCCCC. The lowest BCUT2D eigenvalue weighted by Crippen LogP contribution is -2.30. The van der Waals surface area contributed by atoms with Gasteiger partial charge in [-0.2, -0.15) is 0 Å². The molecule has 0 spiro atoms. The first-order valence-corrected chi connectivity index (χ1v) is 37.5. The van der Waals surface area contributed by atoms with Gasteiger partial charge in [-0.15, -0.1) is 0 Å². The van der Waals surface area contributed by atoms with Crippen LogP contribution >= 0.6 is 0 Å². The van der Waals surface area contributed by atoms with E-state index in [4.69, 9.17) is 14.2 Å². The monoisotopic (exact) mass is 1170 g/mol. The van der Waals surface area contributed by atoms with Gasteiger partial charge < -0.3 is 14.2 Å².